The molecule has 0 aliphatic heterocycles. The summed E-state index contributed by atoms with van der Waals surface area (Å²) in [6.07, 6.45) is 3.91. The fourth-order valence-electron chi connectivity index (χ4n) is 4.31. The van der Waals surface area contributed by atoms with Gasteiger partial charge in [-0.15, -0.1) is 0 Å². The first kappa shape index (κ1) is 17.8. The molecule has 2 heterocycles. The van der Waals surface area contributed by atoms with Gasteiger partial charge in [-0.3, -0.25) is 9.97 Å². The summed E-state index contributed by atoms with van der Waals surface area (Å²) in [4.78, 5) is 9.58. The Morgan fingerprint density at radius 1 is 0.724 bits per heavy atom. The third-order valence-corrected chi connectivity index (χ3v) is 5.78. The van der Waals surface area contributed by atoms with E-state index >= 15 is 0 Å². The maximum absolute atomic E-state index is 4.80. The second-order valence-electron chi connectivity index (χ2n) is 8.85. The molecular formula is C27H24N2. The predicted molar refractivity (Wildman–Crippen MR) is 123 cm³/mol. The number of nitrogens with zero attached hydrogens (tertiary/aromatic N) is 2. The van der Waals surface area contributed by atoms with Gasteiger partial charge in [0.05, 0.1) is 11.2 Å². The molecule has 0 N–H and O–H groups in total. The zero-order valence-electron chi connectivity index (χ0n) is 17.3. The molecule has 29 heavy (non-hydrogen) atoms. The number of fused-ring (bicyclic) bond motifs is 4. The molecule has 0 saturated heterocycles. The molecule has 2 aromatic heterocycles. The van der Waals surface area contributed by atoms with Crippen LogP contribution in [0.2, 0.25) is 0 Å². The number of aryl methyl sites for hydroxylation is 1. The summed E-state index contributed by atoms with van der Waals surface area (Å²) in [7, 11) is 0. The highest BCUT2D eigenvalue weighted by Crippen LogP contribution is 2.37. The minimum absolute atomic E-state index is 0.0439. The van der Waals surface area contributed by atoms with E-state index in [9.17, 15) is 0 Å². The van der Waals surface area contributed by atoms with Crippen molar-refractivity contribution >= 4 is 32.4 Å². The normalized spacial score (nSPS) is 12.1. The Labute approximate surface area is 171 Å². The standard InChI is InChI=1S/C27H24N2/c1-17-8-7-11-22-21-12-13-28-26(23(21)16-29-25(17)22)19-14-18-9-5-6-10-20(18)24(15-19)27(2,3)4/h5-16H,1-4H3. The molecule has 0 amide bonds. The molecule has 0 radical (unpaired) electrons. The van der Waals surface area contributed by atoms with Gasteiger partial charge >= 0.3 is 0 Å². The van der Waals surface area contributed by atoms with Gasteiger partial charge in [0.15, 0.2) is 0 Å². The average molecular weight is 377 g/mol. The van der Waals surface area contributed by atoms with E-state index in [1.165, 1.54) is 32.7 Å². The molecule has 2 nitrogen and oxygen atoms in total. The molecule has 0 bridgehead atoms. The van der Waals surface area contributed by atoms with Crippen molar-refractivity contribution in [1.29, 1.82) is 0 Å². The number of pyridine rings is 2. The van der Waals surface area contributed by atoms with Gasteiger partial charge in [0.25, 0.3) is 0 Å². The lowest BCUT2D eigenvalue weighted by atomic mass is 9.82. The molecule has 5 rings (SSSR count). The van der Waals surface area contributed by atoms with Crippen LogP contribution in [-0.2, 0) is 5.41 Å². The summed E-state index contributed by atoms with van der Waals surface area (Å²) in [6, 6.07) is 21.7. The quantitative estimate of drug-likeness (QED) is 0.289. The van der Waals surface area contributed by atoms with Gasteiger partial charge in [-0.2, -0.15) is 0 Å². The first-order chi connectivity index (χ1) is 13.9. The zero-order chi connectivity index (χ0) is 20.2. The molecule has 142 valence electrons. The van der Waals surface area contributed by atoms with Crippen LogP contribution >= 0.6 is 0 Å². The van der Waals surface area contributed by atoms with E-state index in [1.54, 1.807) is 0 Å². The highest BCUT2D eigenvalue weighted by atomic mass is 14.7. The van der Waals surface area contributed by atoms with Crippen molar-refractivity contribution in [2.45, 2.75) is 33.1 Å². The van der Waals surface area contributed by atoms with E-state index in [2.05, 4.69) is 88.4 Å². The smallest absolute Gasteiger partial charge is 0.0796 e. The van der Waals surface area contributed by atoms with Gasteiger partial charge in [0, 0.05) is 28.7 Å². The van der Waals surface area contributed by atoms with Crippen LogP contribution in [0.3, 0.4) is 0 Å². The molecule has 0 saturated carbocycles. The third-order valence-electron chi connectivity index (χ3n) is 5.78. The summed E-state index contributed by atoms with van der Waals surface area (Å²) in [5.41, 5.74) is 5.79. The molecule has 0 fully saturated rings. The second-order valence-corrected chi connectivity index (χ2v) is 8.85. The fraction of sp³-hybridized carbons (Fsp3) is 0.185. The molecule has 0 unspecified atom stereocenters. The van der Waals surface area contributed by atoms with E-state index in [1.807, 2.05) is 12.4 Å². The largest absolute Gasteiger partial charge is 0.256 e. The summed E-state index contributed by atoms with van der Waals surface area (Å²) in [5, 5.41) is 6.04. The number of rotatable bonds is 1. The maximum Gasteiger partial charge on any atom is 0.0796 e. The Balaban J connectivity index is 1.86. The number of para-hydroxylation sites is 1. The lowest BCUT2D eigenvalue weighted by Gasteiger charge is -2.23. The first-order valence-electron chi connectivity index (χ1n) is 10.1. The summed E-state index contributed by atoms with van der Waals surface area (Å²) < 4.78 is 0. The van der Waals surface area contributed by atoms with Gasteiger partial charge in [0.1, 0.15) is 0 Å². The highest BCUT2D eigenvalue weighted by Gasteiger charge is 2.19. The Bertz CT molecular complexity index is 1390. The SMILES string of the molecule is Cc1cccc2c1ncc1c(-c3cc(C(C)(C)C)c4ccccc4c3)nccc12. The summed E-state index contributed by atoms with van der Waals surface area (Å²) >= 11 is 0. The van der Waals surface area contributed by atoms with Crippen molar-refractivity contribution < 1.29 is 0 Å². The van der Waals surface area contributed by atoms with Crippen molar-refractivity contribution in [3.63, 3.8) is 0 Å². The van der Waals surface area contributed by atoms with Crippen LogP contribution in [-0.4, -0.2) is 9.97 Å². The van der Waals surface area contributed by atoms with E-state index in [0.29, 0.717) is 0 Å². The second kappa shape index (κ2) is 6.38. The van der Waals surface area contributed by atoms with Crippen molar-refractivity contribution in [2.75, 3.05) is 0 Å². The third kappa shape index (κ3) is 2.87. The van der Waals surface area contributed by atoms with Gasteiger partial charge in [0.2, 0.25) is 0 Å². The van der Waals surface area contributed by atoms with Gasteiger partial charge < -0.3 is 0 Å². The molecule has 0 atom stereocenters. The van der Waals surface area contributed by atoms with Gasteiger partial charge in [-0.05, 0) is 57.8 Å². The Morgan fingerprint density at radius 3 is 2.34 bits per heavy atom. The van der Waals surface area contributed by atoms with Gasteiger partial charge in [-0.25, -0.2) is 0 Å². The molecule has 3 aromatic carbocycles. The number of hydrogen-bond donors (Lipinski definition) is 0. The van der Waals surface area contributed by atoms with Crippen molar-refractivity contribution in [3.05, 3.63) is 84.2 Å². The topological polar surface area (TPSA) is 25.8 Å². The van der Waals surface area contributed by atoms with Crippen LogP contribution in [0.4, 0.5) is 0 Å². The minimum atomic E-state index is 0.0439. The zero-order valence-corrected chi connectivity index (χ0v) is 17.3. The molecule has 2 heteroatoms. The van der Waals surface area contributed by atoms with Crippen molar-refractivity contribution in [3.8, 4) is 11.3 Å². The average Bonchev–Trinajstić information content (AvgIpc) is 2.72. The molecule has 0 spiro atoms. The molecule has 0 aliphatic rings. The minimum Gasteiger partial charge on any atom is -0.256 e. The van der Waals surface area contributed by atoms with E-state index < -0.39 is 0 Å². The highest BCUT2D eigenvalue weighted by molar-refractivity contribution is 6.10. The van der Waals surface area contributed by atoms with E-state index in [0.717, 1.165) is 22.2 Å². The van der Waals surface area contributed by atoms with E-state index in [-0.39, 0.29) is 5.41 Å². The molecule has 5 aromatic rings. The predicted octanol–water partition coefficient (Wildman–Crippen LogP) is 7.21. The molecular weight excluding hydrogens is 352 g/mol. The number of hydrogen-bond acceptors (Lipinski definition) is 2. The van der Waals surface area contributed by atoms with E-state index in [4.69, 9.17) is 9.97 Å². The number of aromatic nitrogens is 2. The van der Waals surface area contributed by atoms with Gasteiger partial charge in [-0.1, -0.05) is 63.2 Å². The first-order valence-corrected chi connectivity index (χ1v) is 10.1. The summed E-state index contributed by atoms with van der Waals surface area (Å²) in [6.45, 7) is 8.93. The Kier molecular flexibility index (Phi) is 3.92. The van der Waals surface area contributed by atoms with Crippen LogP contribution in [0.15, 0.2) is 73.1 Å². The van der Waals surface area contributed by atoms with Crippen LogP contribution in [0, 0.1) is 6.92 Å². The lowest BCUT2D eigenvalue weighted by Crippen LogP contribution is -2.12. The van der Waals surface area contributed by atoms with Crippen molar-refractivity contribution in [2.24, 2.45) is 0 Å². The van der Waals surface area contributed by atoms with Crippen LogP contribution in [0.25, 0.3) is 43.7 Å². The monoisotopic (exact) mass is 376 g/mol. The number of benzene rings is 3. The summed E-state index contributed by atoms with van der Waals surface area (Å²) in [5.74, 6) is 0. The Hall–Kier alpha value is -3.26. The maximum atomic E-state index is 4.80. The van der Waals surface area contributed by atoms with Crippen LogP contribution in [0.1, 0.15) is 31.9 Å². The molecule has 0 aliphatic carbocycles. The lowest BCUT2D eigenvalue weighted by molar-refractivity contribution is 0.596. The van der Waals surface area contributed by atoms with Crippen LogP contribution in [0.5, 0.6) is 0 Å². The Morgan fingerprint density at radius 2 is 1.52 bits per heavy atom. The van der Waals surface area contributed by atoms with Crippen LogP contribution < -0.4 is 0 Å². The fourth-order valence-corrected chi connectivity index (χ4v) is 4.31. The van der Waals surface area contributed by atoms with Crippen molar-refractivity contribution in [1.82, 2.24) is 9.97 Å².